The molecular formula is C29H20N2O4. The van der Waals surface area contributed by atoms with Crippen LogP contribution in [0.1, 0.15) is 64.9 Å². The first-order valence-electron chi connectivity index (χ1n) is 11.5. The fourth-order valence-electron chi connectivity index (χ4n) is 5.21. The van der Waals surface area contributed by atoms with Crippen LogP contribution in [-0.2, 0) is 0 Å². The van der Waals surface area contributed by atoms with E-state index in [4.69, 9.17) is 0 Å². The van der Waals surface area contributed by atoms with E-state index in [0.717, 1.165) is 11.1 Å². The van der Waals surface area contributed by atoms with Crippen LogP contribution in [0.5, 0.6) is 0 Å². The molecule has 2 aliphatic heterocycles. The van der Waals surface area contributed by atoms with Crippen molar-refractivity contribution in [3.63, 3.8) is 0 Å². The monoisotopic (exact) mass is 460 g/mol. The van der Waals surface area contributed by atoms with Gasteiger partial charge in [0.05, 0.1) is 0 Å². The van der Waals surface area contributed by atoms with Crippen LogP contribution in [0.15, 0.2) is 84.9 Å². The van der Waals surface area contributed by atoms with Gasteiger partial charge in [-0.2, -0.15) is 0 Å². The maximum atomic E-state index is 13.5. The lowest BCUT2D eigenvalue weighted by Gasteiger charge is -2.30. The molecule has 35 heavy (non-hydrogen) atoms. The van der Waals surface area contributed by atoms with Gasteiger partial charge in [-0.05, 0) is 41.8 Å². The van der Waals surface area contributed by atoms with Crippen LogP contribution in [0.25, 0.3) is 10.8 Å². The molecule has 6 heteroatoms. The molecule has 0 saturated carbocycles. The van der Waals surface area contributed by atoms with Gasteiger partial charge in [-0.3, -0.25) is 29.4 Å². The Labute approximate surface area is 201 Å². The molecular weight excluding hydrogens is 440 g/mol. The molecule has 6 rings (SSSR count). The fourth-order valence-corrected chi connectivity index (χ4v) is 5.21. The maximum absolute atomic E-state index is 13.5. The zero-order valence-electron chi connectivity index (χ0n) is 18.7. The molecule has 4 aromatic carbocycles. The van der Waals surface area contributed by atoms with Crippen LogP contribution < -0.4 is 5.32 Å². The average molecular weight is 460 g/mol. The number of nitrogens with one attached hydrogen (secondary N) is 1. The Morgan fingerprint density at radius 1 is 0.571 bits per heavy atom. The van der Waals surface area contributed by atoms with Crippen molar-refractivity contribution in [1.82, 2.24) is 10.2 Å². The summed E-state index contributed by atoms with van der Waals surface area (Å²) < 4.78 is 0. The molecule has 0 bridgehead atoms. The molecule has 2 aliphatic rings. The highest BCUT2D eigenvalue weighted by Crippen LogP contribution is 2.37. The van der Waals surface area contributed by atoms with E-state index in [9.17, 15) is 19.2 Å². The minimum atomic E-state index is -0.526. The van der Waals surface area contributed by atoms with E-state index in [1.165, 1.54) is 4.90 Å². The van der Waals surface area contributed by atoms with E-state index >= 15 is 0 Å². The van der Waals surface area contributed by atoms with Crippen molar-refractivity contribution in [2.24, 2.45) is 0 Å². The third-order valence-corrected chi connectivity index (χ3v) is 6.87. The molecule has 0 aromatic heterocycles. The highest BCUT2D eigenvalue weighted by atomic mass is 16.2. The van der Waals surface area contributed by atoms with Crippen LogP contribution in [-0.4, -0.2) is 35.1 Å². The first-order valence-corrected chi connectivity index (χ1v) is 11.5. The number of carbonyl (C=O) groups is 4. The quantitative estimate of drug-likeness (QED) is 0.443. The largest absolute Gasteiger partial charge is 0.288 e. The summed E-state index contributed by atoms with van der Waals surface area (Å²) in [5.74, 6) is -1.87. The maximum Gasteiger partial charge on any atom is 0.261 e. The molecule has 6 nitrogen and oxygen atoms in total. The predicted molar refractivity (Wildman–Crippen MR) is 130 cm³/mol. The van der Waals surface area contributed by atoms with Crippen molar-refractivity contribution in [2.45, 2.75) is 12.3 Å². The lowest BCUT2D eigenvalue weighted by Crippen LogP contribution is -2.42. The van der Waals surface area contributed by atoms with Gasteiger partial charge < -0.3 is 0 Å². The number of amides is 4. The number of hydrogen-bond acceptors (Lipinski definition) is 4. The van der Waals surface area contributed by atoms with Crippen LogP contribution in [0.3, 0.4) is 0 Å². The Morgan fingerprint density at radius 3 is 1.49 bits per heavy atom. The van der Waals surface area contributed by atoms with Crippen molar-refractivity contribution in [1.29, 1.82) is 0 Å². The minimum absolute atomic E-state index is 0.0103. The minimum Gasteiger partial charge on any atom is -0.288 e. The molecule has 0 spiro atoms. The third kappa shape index (κ3) is 3.26. The fraction of sp³-hybridized carbons (Fsp3) is 0.103. The molecule has 0 aliphatic carbocycles. The zero-order chi connectivity index (χ0) is 24.1. The molecule has 2 heterocycles. The van der Waals surface area contributed by atoms with Gasteiger partial charge >= 0.3 is 0 Å². The highest BCUT2D eigenvalue weighted by Gasteiger charge is 2.37. The van der Waals surface area contributed by atoms with Gasteiger partial charge in [-0.1, -0.05) is 60.7 Å². The third-order valence-electron chi connectivity index (χ3n) is 6.87. The van der Waals surface area contributed by atoms with Crippen molar-refractivity contribution < 1.29 is 19.2 Å². The van der Waals surface area contributed by atoms with Gasteiger partial charge in [-0.15, -0.1) is 0 Å². The van der Waals surface area contributed by atoms with Gasteiger partial charge in [0.1, 0.15) is 0 Å². The summed E-state index contributed by atoms with van der Waals surface area (Å²) in [5.41, 5.74) is 3.47. The molecule has 0 unspecified atom stereocenters. The van der Waals surface area contributed by atoms with E-state index < -0.39 is 23.6 Å². The first-order chi connectivity index (χ1) is 17.0. The molecule has 4 amide bonds. The molecule has 1 N–H and O–H groups in total. The standard InChI is InChI=1S/C29H20N2O4/c32-26-20-11-13-22-25-23(14-12-21(24(20)25)27(33)30-26)29(35)31(28(22)34)16-15-19(17-7-3-1-4-8-17)18-9-5-2-6-10-18/h1-14,19H,15-16H2,(H,30,32,33). The van der Waals surface area contributed by atoms with Gasteiger partial charge in [0.25, 0.3) is 23.6 Å². The van der Waals surface area contributed by atoms with Crippen molar-refractivity contribution in [3.05, 3.63) is 118 Å². The summed E-state index contributed by atoms with van der Waals surface area (Å²) in [4.78, 5) is 53.0. The van der Waals surface area contributed by atoms with E-state index in [0.29, 0.717) is 39.4 Å². The molecule has 0 saturated heterocycles. The SMILES string of the molecule is O=C1NC(=O)c2ccc3c4c(ccc1c24)C(=O)N(CCC(c1ccccc1)c1ccccc1)C3=O. The Morgan fingerprint density at radius 2 is 1.00 bits per heavy atom. The van der Waals surface area contributed by atoms with Crippen molar-refractivity contribution in [2.75, 3.05) is 6.54 Å². The Kier molecular flexibility index (Phi) is 4.81. The van der Waals surface area contributed by atoms with Crippen LogP contribution >= 0.6 is 0 Å². The van der Waals surface area contributed by atoms with Crippen LogP contribution in [0.4, 0.5) is 0 Å². The summed E-state index contributed by atoms with van der Waals surface area (Å²) >= 11 is 0. The molecule has 0 atom stereocenters. The lowest BCUT2D eigenvalue weighted by atomic mass is 9.85. The highest BCUT2D eigenvalue weighted by molar-refractivity contribution is 6.33. The smallest absolute Gasteiger partial charge is 0.261 e. The van der Waals surface area contributed by atoms with E-state index in [1.807, 2.05) is 36.4 Å². The Hall–Kier alpha value is -4.58. The van der Waals surface area contributed by atoms with Gasteiger partial charge in [0.15, 0.2) is 0 Å². The van der Waals surface area contributed by atoms with Crippen molar-refractivity contribution >= 4 is 34.4 Å². The lowest BCUT2D eigenvalue weighted by molar-refractivity contribution is 0.0605. The summed E-state index contributed by atoms with van der Waals surface area (Å²) in [7, 11) is 0. The van der Waals surface area contributed by atoms with E-state index in [-0.39, 0.29) is 12.5 Å². The molecule has 0 fully saturated rings. The average Bonchev–Trinajstić information content (AvgIpc) is 2.89. The van der Waals surface area contributed by atoms with E-state index in [2.05, 4.69) is 29.6 Å². The number of rotatable bonds is 5. The van der Waals surface area contributed by atoms with Crippen LogP contribution in [0.2, 0.25) is 0 Å². The number of hydrogen-bond donors (Lipinski definition) is 1. The topological polar surface area (TPSA) is 83.6 Å². The van der Waals surface area contributed by atoms with E-state index in [1.54, 1.807) is 24.3 Å². The summed E-state index contributed by atoms with van der Waals surface area (Å²) in [6, 6.07) is 26.3. The first kappa shape index (κ1) is 21.0. The number of nitrogens with zero attached hydrogens (tertiary/aromatic N) is 1. The molecule has 4 aromatic rings. The van der Waals surface area contributed by atoms with Crippen molar-refractivity contribution in [3.8, 4) is 0 Å². The van der Waals surface area contributed by atoms with Crippen LogP contribution in [0, 0.1) is 0 Å². The zero-order valence-corrected chi connectivity index (χ0v) is 18.7. The van der Waals surface area contributed by atoms with Gasteiger partial charge in [0, 0.05) is 45.5 Å². The summed E-state index contributed by atoms with van der Waals surface area (Å²) in [6.07, 6.45) is 0.557. The normalized spacial score (nSPS) is 14.6. The number of benzene rings is 4. The second-order valence-electron chi connectivity index (χ2n) is 8.78. The summed E-state index contributed by atoms with van der Waals surface area (Å²) in [5, 5.41) is 3.07. The molecule has 170 valence electrons. The summed E-state index contributed by atoms with van der Waals surface area (Å²) in [6.45, 7) is 0.232. The predicted octanol–water partition coefficient (Wildman–Crippen LogP) is 4.54. The second kappa shape index (κ2) is 8.02. The number of carbonyl (C=O) groups excluding carboxylic acids is 4. The van der Waals surface area contributed by atoms with Gasteiger partial charge in [0.2, 0.25) is 0 Å². The second-order valence-corrected chi connectivity index (χ2v) is 8.78. The van der Waals surface area contributed by atoms with Gasteiger partial charge in [-0.25, -0.2) is 0 Å². The molecule has 0 radical (unpaired) electrons. The Balaban J connectivity index is 1.38. The Bertz CT molecular complexity index is 1440. The number of imide groups is 2.